The van der Waals surface area contributed by atoms with Gasteiger partial charge in [0, 0.05) is 18.0 Å². The van der Waals surface area contributed by atoms with Crippen LogP contribution in [0.3, 0.4) is 0 Å². The van der Waals surface area contributed by atoms with Gasteiger partial charge in [0.05, 0.1) is 0 Å². The lowest BCUT2D eigenvalue weighted by Gasteiger charge is -1.84. The number of halogens is 1. The monoisotopic (exact) mass is 207 g/mol. The second-order valence-corrected chi connectivity index (χ2v) is 4.38. The molecule has 0 fully saturated rings. The third kappa shape index (κ3) is 2.73. The highest BCUT2D eigenvalue weighted by Crippen LogP contribution is 2.20. The van der Waals surface area contributed by atoms with Gasteiger partial charge in [0.15, 0.2) is 0 Å². The predicted molar refractivity (Wildman–Crippen MR) is 51.0 cm³/mol. The second kappa shape index (κ2) is 3.99. The summed E-state index contributed by atoms with van der Waals surface area (Å²) in [5.74, 6) is 0. The first-order valence-electron chi connectivity index (χ1n) is 2.81. The summed E-state index contributed by atoms with van der Waals surface area (Å²) in [7, 11) is -1.14. The average Bonchev–Trinajstić information content (AvgIpc) is 2.31. The zero-order valence-electron chi connectivity index (χ0n) is 5.78. The highest BCUT2D eigenvalue weighted by molar-refractivity contribution is 7.83. The van der Waals surface area contributed by atoms with Crippen molar-refractivity contribution in [1.82, 2.24) is 0 Å². The van der Waals surface area contributed by atoms with E-state index >= 15 is 0 Å². The standard InChI is InChI=1S/C6H6ClNOS2/c1-11(9)8-4-5-2-3-10-6(5)7/h2-4H,1H3/b8-4+. The van der Waals surface area contributed by atoms with Gasteiger partial charge in [-0.2, -0.15) is 4.40 Å². The summed E-state index contributed by atoms with van der Waals surface area (Å²) >= 11 is 7.18. The largest absolute Gasteiger partial charge is 0.235 e. The molecule has 0 spiro atoms. The maximum absolute atomic E-state index is 10.5. The van der Waals surface area contributed by atoms with Crippen molar-refractivity contribution in [3.63, 3.8) is 0 Å². The van der Waals surface area contributed by atoms with Gasteiger partial charge in [-0.3, -0.25) is 0 Å². The molecule has 11 heavy (non-hydrogen) atoms. The molecule has 1 aromatic heterocycles. The van der Waals surface area contributed by atoms with Crippen molar-refractivity contribution in [2.75, 3.05) is 6.26 Å². The average molecular weight is 208 g/mol. The summed E-state index contributed by atoms with van der Waals surface area (Å²) in [5, 5.41) is 1.86. The predicted octanol–water partition coefficient (Wildman–Crippen LogP) is 2.11. The first-order valence-corrected chi connectivity index (χ1v) is 5.58. The lowest BCUT2D eigenvalue weighted by molar-refractivity contribution is 0.688. The maximum atomic E-state index is 10.5. The van der Waals surface area contributed by atoms with Crippen molar-refractivity contribution >= 4 is 40.1 Å². The van der Waals surface area contributed by atoms with Crippen molar-refractivity contribution < 1.29 is 4.21 Å². The highest BCUT2D eigenvalue weighted by Gasteiger charge is 1.96. The Morgan fingerprint density at radius 3 is 3.00 bits per heavy atom. The summed E-state index contributed by atoms with van der Waals surface area (Å²) in [4.78, 5) is 0. The molecule has 1 rings (SSSR count). The van der Waals surface area contributed by atoms with Crippen molar-refractivity contribution in [3.05, 3.63) is 21.3 Å². The Bertz CT molecular complexity index is 295. The Balaban J connectivity index is 2.79. The van der Waals surface area contributed by atoms with E-state index in [4.69, 9.17) is 11.6 Å². The Morgan fingerprint density at radius 1 is 1.82 bits per heavy atom. The molecule has 0 radical (unpaired) electrons. The van der Waals surface area contributed by atoms with E-state index in [0.29, 0.717) is 4.34 Å². The Hall–Kier alpha value is -0.190. The molecule has 0 saturated carbocycles. The minimum atomic E-state index is -1.14. The van der Waals surface area contributed by atoms with Crippen LogP contribution in [0.15, 0.2) is 15.8 Å². The topological polar surface area (TPSA) is 29.4 Å². The van der Waals surface area contributed by atoms with E-state index in [1.54, 1.807) is 0 Å². The molecule has 60 valence electrons. The van der Waals surface area contributed by atoms with E-state index in [9.17, 15) is 4.21 Å². The first kappa shape index (κ1) is 8.90. The lowest BCUT2D eigenvalue weighted by atomic mass is 10.4. The number of thiophene rings is 1. The van der Waals surface area contributed by atoms with Gasteiger partial charge in [-0.25, -0.2) is 4.21 Å². The normalized spacial score (nSPS) is 14.0. The van der Waals surface area contributed by atoms with Crippen LogP contribution in [0.2, 0.25) is 4.34 Å². The molecule has 2 nitrogen and oxygen atoms in total. The molecule has 0 saturated heterocycles. The lowest BCUT2D eigenvalue weighted by Crippen LogP contribution is -1.81. The third-order valence-electron chi connectivity index (χ3n) is 0.986. The van der Waals surface area contributed by atoms with Gasteiger partial charge in [-0.1, -0.05) is 11.6 Å². The van der Waals surface area contributed by atoms with E-state index in [1.807, 2.05) is 11.4 Å². The summed E-state index contributed by atoms with van der Waals surface area (Å²) in [6.07, 6.45) is 3.03. The van der Waals surface area contributed by atoms with Gasteiger partial charge in [-0.05, 0) is 11.4 Å². The number of rotatable bonds is 2. The molecule has 0 amide bonds. The smallest absolute Gasteiger partial charge is 0.136 e. The van der Waals surface area contributed by atoms with E-state index in [0.717, 1.165) is 5.56 Å². The molecule has 1 heterocycles. The second-order valence-electron chi connectivity index (χ2n) is 1.81. The molecule has 0 bridgehead atoms. The van der Waals surface area contributed by atoms with Gasteiger partial charge >= 0.3 is 0 Å². The van der Waals surface area contributed by atoms with Gasteiger partial charge in [-0.15, -0.1) is 11.3 Å². The van der Waals surface area contributed by atoms with Crippen LogP contribution in [-0.4, -0.2) is 16.7 Å². The maximum Gasteiger partial charge on any atom is 0.136 e. The number of hydrogen-bond acceptors (Lipinski definition) is 2. The van der Waals surface area contributed by atoms with Crippen LogP contribution in [0.25, 0.3) is 0 Å². The van der Waals surface area contributed by atoms with Crippen LogP contribution in [0, 0.1) is 0 Å². The molecule has 0 aromatic carbocycles. The molecule has 0 aliphatic carbocycles. The van der Waals surface area contributed by atoms with Crippen LogP contribution < -0.4 is 0 Å². The molecule has 0 aliphatic heterocycles. The molecular weight excluding hydrogens is 202 g/mol. The SMILES string of the molecule is CS(=O)/N=C/c1ccsc1Cl. The summed E-state index contributed by atoms with van der Waals surface area (Å²) in [6.45, 7) is 0. The third-order valence-corrected chi connectivity index (χ3v) is 2.59. The van der Waals surface area contributed by atoms with Crippen LogP contribution >= 0.6 is 22.9 Å². The molecule has 0 aliphatic rings. The first-order chi connectivity index (χ1) is 5.20. The van der Waals surface area contributed by atoms with Crippen LogP contribution in [0.1, 0.15) is 5.56 Å². The van der Waals surface area contributed by atoms with E-state index in [2.05, 4.69) is 4.40 Å². The fraction of sp³-hybridized carbons (Fsp3) is 0.167. The molecule has 0 N–H and O–H groups in total. The Kier molecular flexibility index (Phi) is 3.23. The van der Waals surface area contributed by atoms with Gasteiger partial charge in [0.1, 0.15) is 15.3 Å². The Morgan fingerprint density at radius 2 is 2.55 bits per heavy atom. The summed E-state index contributed by atoms with van der Waals surface area (Å²) < 4.78 is 14.9. The molecule has 1 aromatic rings. The Labute approximate surface area is 76.5 Å². The van der Waals surface area contributed by atoms with Crippen molar-refractivity contribution in [1.29, 1.82) is 0 Å². The molecule has 1 unspecified atom stereocenters. The number of hydrogen-bond donors (Lipinski definition) is 0. The van der Waals surface area contributed by atoms with E-state index < -0.39 is 11.0 Å². The van der Waals surface area contributed by atoms with Gasteiger partial charge in [0.2, 0.25) is 0 Å². The van der Waals surface area contributed by atoms with Crippen molar-refractivity contribution in [2.24, 2.45) is 4.40 Å². The quantitative estimate of drug-likeness (QED) is 0.684. The minimum absolute atomic E-state index is 0.680. The fourth-order valence-electron chi connectivity index (χ4n) is 0.525. The summed E-state index contributed by atoms with van der Waals surface area (Å²) in [5.41, 5.74) is 0.826. The van der Waals surface area contributed by atoms with E-state index in [-0.39, 0.29) is 0 Å². The molecule has 5 heteroatoms. The minimum Gasteiger partial charge on any atom is -0.235 e. The highest BCUT2D eigenvalue weighted by atomic mass is 35.5. The van der Waals surface area contributed by atoms with Crippen LogP contribution in [0.5, 0.6) is 0 Å². The van der Waals surface area contributed by atoms with Gasteiger partial charge < -0.3 is 0 Å². The van der Waals surface area contributed by atoms with Crippen LogP contribution in [-0.2, 0) is 11.0 Å². The van der Waals surface area contributed by atoms with Crippen molar-refractivity contribution in [3.8, 4) is 0 Å². The zero-order chi connectivity index (χ0) is 8.27. The van der Waals surface area contributed by atoms with Crippen molar-refractivity contribution in [2.45, 2.75) is 0 Å². The molecule has 1 atom stereocenters. The summed E-state index contributed by atoms with van der Waals surface area (Å²) in [6, 6.07) is 1.84. The fourth-order valence-corrected chi connectivity index (χ4v) is 1.64. The van der Waals surface area contributed by atoms with Gasteiger partial charge in [0.25, 0.3) is 0 Å². The van der Waals surface area contributed by atoms with Crippen LogP contribution in [0.4, 0.5) is 0 Å². The number of nitrogens with zero attached hydrogens (tertiary/aromatic N) is 1. The van der Waals surface area contributed by atoms with E-state index in [1.165, 1.54) is 23.8 Å². The molecular formula is C6H6ClNOS2. The zero-order valence-corrected chi connectivity index (χ0v) is 8.17.